The molecule has 0 spiro atoms. The summed E-state index contributed by atoms with van der Waals surface area (Å²) in [5.74, 6) is 0.940. The minimum absolute atomic E-state index is 0.0575. The Morgan fingerprint density at radius 3 is 3.06 bits per heavy atom. The van der Waals surface area contributed by atoms with Crippen molar-refractivity contribution in [2.75, 3.05) is 7.05 Å². The van der Waals surface area contributed by atoms with Crippen LogP contribution in [-0.2, 0) is 11.3 Å². The smallest absolute Gasteiger partial charge is 0.252 e. The first-order chi connectivity index (χ1) is 8.56. The van der Waals surface area contributed by atoms with Crippen LogP contribution in [0.2, 0.25) is 0 Å². The molecule has 0 bridgehead atoms. The van der Waals surface area contributed by atoms with Crippen LogP contribution in [-0.4, -0.2) is 43.5 Å². The van der Waals surface area contributed by atoms with E-state index in [0.29, 0.717) is 24.6 Å². The van der Waals surface area contributed by atoms with Crippen molar-refractivity contribution in [3.05, 3.63) is 24.3 Å². The van der Waals surface area contributed by atoms with Gasteiger partial charge in [0.25, 0.3) is 5.78 Å². The molecule has 0 aliphatic carbocycles. The van der Waals surface area contributed by atoms with Gasteiger partial charge in [0.05, 0.1) is 6.54 Å². The number of fused-ring (bicyclic) bond motifs is 1. The van der Waals surface area contributed by atoms with Crippen LogP contribution < -0.4 is 5.73 Å². The molecule has 2 N–H and O–H groups in total. The Morgan fingerprint density at radius 1 is 1.61 bits per heavy atom. The molecule has 7 heteroatoms. The van der Waals surface area contributed by atoms with E-state index in [1.807, 2.05) is 18.9 Å². The van der Waals surface area contributed by atoms with Gasteiger partial charge in [0.2, 0.25) is 5.91 Å². The molecule has 2 rings (SSSR count). The Hall–Kier alpha value is -2.02. The van der Waals surface area contributed by atoms with E-state index in [4.69, 9.17) is 5.73 Å². The predicted octanol–water partition coefficient (Wildman–Crippen LogP) is -0.180. The average Bonchev–Trinajstić information content (AvgIpc) is 2.69. The fourth-order valence-electron chi connectivity index (χ4n) is 1.67. The molecule has 7 nitrogen and oxygen atoms in total. The van der Waals surface area contributed by atoms with Crippen molar-refractivity contribution in [2.45, 2.75) is 25.9 Å². The molecule has 0 fully saturated rings. The topological polar surface area (TPSA) is 89.4 Å². The maximum Gasteiger partial charge on any atom is 0.252 e. The van der Waals surface area contributed by atoms with Gasteiger partial charge in [0.1, 0.15) is 0 Å². The monoisotopic (exact) mass is 248 g/mol. The SMILES string of the molecule is CC(CC(N)=O)N(C)Cc1nc2ncccn2n1. The fraction of sp³-hybridized carbons (Fsp3) is 0.455. The summed E-state index contributed by atoms with van der Waals surface area (Å²) >= 11 is 0. The number of aromatic nitrogens is 4. The van der Waals surface area contributed by atoms with Gasteiger partial charge < -0.3 is 5.73 Å². The summed E-state index contributed by atoms with van der Waals surface area (Å²) in [5, 5.41) is 4.30. The van der Waals surface area contributed by atoms with Gasteiger partial charge in [0.15, 0.2) is 5.82 Å². The van der Waals surface area contributed by atoms with Gasteiger partial charge in [0, 0.05) is 24.9 Å². The van der Waals surface area contributed by atoms with Gasteiger partial charge in [-0.1, -0.05) is 0 Å². The van der Waals surface area contributed by atoms with Gasteiger partial charge >= 0.3 is 0 Å². The van der Waals surface area contributed by atoms with Crippen molar-refractivity contribution in [2.24, 2.45) is 5.73 Å². The second-order valence-electron chi connectivity index (χ2n) is 4.33. The number of nitrogens with two attached hydrogens (primary N) is 1. The molecule has 18 heavy (non-hydrogen) atoms. The van der Waals surface area contributed by atoms with E-state index in [1.165, 1.54) is 0 Å². The summed E-state index contributed by atoms with van der Waals surface area (Å²) in [6, 6.07) is 1.85. The zero-order valence-electron chi connectivity index (χ0n) is 10.4. The van der Waals surface area contributed by atoms with Crippen molar-refractivity contribution in [3.63, 3.8) is 0 Å². The summed E-state index contributed by atoms with van der Waals surface area (Å²) in [6.45, 7) is 2.50. The van der Waals surface area contributed by atoms with Crippen LogP contribution in [0.4, 0.5) is 0 Å². The highest BCUT2D eigenvalue weighted by molar-refractivity contribution is 5.74. The largest absolute Gasteiger partial charge is 0.370 e. The third-order valence-electron chi connectivity index (χ3n) is 2.80. The number of rotatable bonds is 5. The zero-order chi connectivity index (χ0) is 13.1. The minimum atomic E-state index is -0.307. The fourth-order valence-corrected chi connectivity index (χ4v) is 1.67. The lowest BCUT2D eigenvalue weighted by Gasteiger charge is -2.21. The zero-order valence-corrected chi connectivity index (χ0v) is 10.4. The van der Waals surface area contributed by atoms with E-state index < -0.39 is 0 Å². The highest BCUT2D eigenvalue weighted by atomic mass is 16.1. The highest BCUT2D eigenvalue weighted by Gasteiger charge is 2.14. The standard InChI is InChI=1S/C11H16N6O/c1-8(6-9(12)18)16(2)7-10-14-11-13-4-3-5-17(11)15-10/h3-5,8H,6-7H2,1-2H3,(H2,12,18). The molecule has 0 radical (unpaired) electrons. The number of hydrogen-bond donors (Lipinski definition) is 1. The van der Waals surface area contributed by atoms with E-state index in [-0.39, 0.29) is 11.9 Å². The first kappa shape index (κ1) is 12.4. The first-order valence-corrected chi connectivity index (χ1v) is 5.71. The average molecular weight is 248 g/mol. The second kappa shape index (κ2) is 5.09. The van der Waals surface area contributed by atoms with Crippen molar-refractivity contribution < 1.29 is 4.79 Å². The van der Waals surface area contributed by atoms with Crippen LogP contribution in [0.1, 0.15) is 19.2 Å². The molecule has 2 aromatic rings. The minimum Gasteiger partial charge on any atom is -0.370 e. The Morgan fingerprint density at radius 2 is 2.39 bits per heavy atom. The van der Waals surface area contributed by atoms with Crippen LogP contribution in [0.15, 0.2) is 18.5 Å². The van der Waals surface area contributed by atoms with Gasteiger partial charge in [-0.05, 0) is 20.0 Å². The molecule has 1 unspecified atom stereocenters. The molecule has 1 amide bonds. The number of carbonyl (C=O) groups excluding carboxylic acids is 1. The number of nitrogens with zero attached hydrogens (tertiary/aromatic N) is 5. The molecule has 96 valence electrons. The van der Waals surface area contributed by atoms with Crippen LogP contribution in [0, 0.1) is 0 Å². The molecular formula is C11H16N6O. The molecule has 0 saturated heterocycles. The molecule has 0 aliphatic heterocycles. The summed E-state index contributed by atoms with van der Waals surface area (Å²) in [4.78, 5) is 21.2. The second-order valence-corrected chi connectivity index (χ2v) is 4.33. The van der Waals surface area contributed by atoms with Gasteiger partial charge in [-0.2, -0.15) is 4.98 Å². The Kier molecular flexibility index (Phi) is 3.52. The summed E-state index contributed by atoms with van der Waals surface area (Å²) < 4.78 is 1.63. The summed E-state index contributed by atoms with van der Waals surface area (Å²) in [5.41, 5.74) is 5.17. The Bertz CT molecular complexity index is 518. The molecular weight excluding hydrogens is 232 g/mol. The van der Waals surface area contributed by atoms with Crippen LogP contribution >= 0.6 is 0 Å². The summed E-state index contributed by atoms with van der Waals surface area (Å²) in [6.07, 6.45) is 3.79. The van der Waals surface area contributed by atoms with E-state index >= 15 is 0 Å². The predicted molar refractivity (Wildman–Crippen MR) is 65.5 cm³/mol. The third kappa shape index (κ3) is 2.80. The van der Waals surface area contributed by atoms with E-state index in [9.17, 15) is 4.79 Å². The van der Waals surface area contributed by atoms with Gasteiger partial charge in [-0.3, -0.25) is 9.69 Å². The quantitative estimate of drug-likeness (QED) is 0.792. The molecule has 2 aromatic heterocycles. The molecule has 0 aromatic carbocycles. The lowest BCUT2D eigenvalue weighted by Crippen LogP contribution is -2.33. The van der Waals surface area contributed by atoms with E-state index in [2.05, 4.69) is 15.1 Å². The third-order valence-corrected chi connectivity index (χ3v) is 2.80. The van der Waals surface area contributed by atoms with Crippen molar-refractivity contribution in [1.82, 2.24) is 24.5 Å². The molecule has 1 atom stereocenters. The molecule has 2 heterocycles. The number of carbonyl (C=O) groups is 1. The van der Waals surface area contributed by atoms with Crippen LogP contribution in [0.25, 0.3) is 5.78 Å². The maximum atomic E-state index is 10.9. The molecule has 0 saturated carbocycles. The number of hydrogen-bond acceptors (Lipinski definition) is 5. The van der Waals surface area contributed by atoms with Gasteiger partial charge in [-0.25, -0.2) is 9.50 Å². The Balaban J connectivity index is 2.06. The first-order valence-electron chi connectivity index (χ1n) is 5.71. The maximum absolute atomic E-state index is 10.9. The molecule has 0 aliphatic rings. The summed E-state index contributed by atoms with van der Waals surface area (Å²) in [7, 11) is 1.91. The van der Waals surface area contributed by atoms with Crippen molar-refractivity contribution in [3.8, 4) is 0 Å². The van der Waals surface area contributed by atoms with E-state index in [0.717, 1.165) is 0 Å². The van der Waals surface area contributed by atoms with Crippen LogP contribution in [0.3, 0.4) is 0 Å². The van der Waals surface area contributed by atoms with Gasteiger partial charge in [-0.15, -0.1) is 5.10 Å². The van der Waals surface area contributed by atoms with E-state index in [1.54, 1.807) is 23.0 Å². The lowest BCUT2D eigenvalue weighted by molar-refractivity contribution is -0.119. The Labute approximate surface area is 105 Å². The number of amides is 1. The number of primary amides is 1. The van der Waals surface area contributed by atoms with Crippen LogP contribution in [0.5, 0.6) is 0 Å². The van der Waals surface area contributed by atoms with Crippen molar-refractivity contribution in [1.29, 1.82) is 0 Å². The normalized spacial score (nSPS) is 13.1. The lowest BCUT2D eigenvalue weighted by atomic mass is 10.2. The van der Waals surface area contributed by atoms with Crippen molar-refractivity contribution >= 4 is 11.7 Å². The highest BCUT2D eigenvalue weighted by Crippen LogP contribution is 2.06.